The maximum atomic E-state index is 5.88. The topological polar surface area (TPSA) is 79.2 Å². The van der Waals surface area contributed by atoms with Crippen molar-refractivity contribution in [1.82, 2.24) is 20.2 Å². The van der Waals surface area contributed by atoms with Crippen molar-refractivity contribution < 1.29 is 4.74 Å². The molecule has 3 aliphatic rings. The Balaban J connectivity index is 0.000000139. The quantitative estimate of drug-likeness (QED) is 0.710. The van der Waals surface area contributed by atoms with E-state index in [0.29, 0.717) is 6.04 Å². The Morgan fingerprint density at radius 1 is 1.18 bits per heavy atom. The number of hydrogen-bond donors (Lipinski definition) is 3. The zero-order valence-corrected chi connectivity index (χ0v) is 13.4. The molecule has 22 heavy (non-hydrogen) atoms. The number of aromatic amines is 1. The van der Waals surface area contributed by atoms with Crippen LogP contribution in [0.4, 0.5) is 0 Å². The van der Waals surface area contributed by atoms with E-state index in [1.807, 2.05) is 0 Å². The third-order valence-electron chi connectivity index (χ3n) is 4.95. The molecule has 0 amide bonds. The number of fused-ring (bicyclic) bond motifs is 1. The molecule has 1 aromatic heterocycles. The first-order chi connectivity index (χ1) is 10.8. The van der Waals surface area contributed by atoms with Gasteiger partial charge in [0.1, 0.15) is 0 Å². The predicted octanol–water partition coefficient (Wildman–Crippen LogP) is 0.644. The van der Waals surface area contributed by atoms with Gasteiger partial charge in [-0.3, -0.25) is 4.90 Å². The van der Waals surface area contributed by atoms with E-state index in [-0.39, 0.29) is 0 Å². The van der Waals surface area contributed by atoms with Gasteiger partial charge in [-0.15, -0.1) is 0 Å². The average molecular weight is 307 g/mol. The zero-order valence-electron chi connectivity index (χ0n) is 13.4. The highest BCUT2D eigenvalue weighted by Gasteiger charge is 2.25. The number of nitrogens with zero attached hydrogens (tertiary/aromatic N) is 2. The van der Waals surface area contributed by atoms with Crippen LogP contribution in [0.3, 0.4) is 0 Å². The maximum absolute atomic E-state index is 5.88. The van der Waals surface area contributed by atoms with Gasteiger partial charge in [0.25, 0.3) is 0 Å². The van der Waals surface area contributed by atoms with Gasteiger partial charge in [-0.2, -0.15) is 0 Å². The molecule has 124 valence electrons. The van der Waals surface area contributed by atoms with E-state index in [2.05, 4.69) is 20.2 Å². The molecule has 6 heteroatoms. The standard InChI is InChI=1S/C10H20N2O.C6H9N3/c11-9-1-3-10(4-2-9)12-5-7-13-8-6-12;1-2-7-3-6-5(1)8-4-9-6/h9-10H,1-8,11H2;4,7H,1-3H2,(H,8,9). The molecule has 3 heterocycles. The molecule has 2 fully saturated rings. The fourth-order valence-corrected chi connectivity index (χ4v) is 3.55. The maximum Gasteiger partial charge on any atom is 0.0925 e. The highest BCUT2D eigenvalue weighted by Crippen LogP contribution is 2.22. The van der Waals surface area contributed by atoms with Crippen LogP contribution >= 0.6 is 0 Å². The fraction of sp³-hybridized carbons (Fsp3) is 0.812. The molecular weight excluding hydrogens is 278 g/mol. The second-order valence-corrected chi connectivity index (χ2v) is 6.47. The minimum absolute atomic E-state index is 0.470. The van der Waals surface area contributed by atoms with Crippen LogP contribution in [-0.4, -0.2) is 59.8 Å². The smallest absolute Gasteiger partial charge is 0.0925 e. The lowest BCUT2D eigenvalue weighted by Gasteiger charge is -2.38. The summed E-state index contributed by atoms with van der Waals surface area (Å²) in [6.45, 7) is 6.11. The van der Waals surface area contributed by atoms with Crippen molar-refractivity contribution in [2.24, 2.45) is 5.73 Å². The number of hydrogen-bond acceptors (Lipinski definition) is 5. The van der Waals surface area contributed by atoms with Crippen molar-refractivity contribution >= 4 is 0 Å². The normalized spacial score (nSPS) is 29.3. The predicted molar refractivity (Wildman–Crippen MR) is 86.6 cm³/mol. The summed E-state index contributed by atoms with van der Waals surface area (Å²) in [6.07, 6.45) is 7.84. The first-order valence-corrected chi connectivity index (χ1v) is 8.62. The lowest BCUT2D eigenvalue weighted by atomic mass is 9.90. The lowest BCUT2D eigenvalue weighted by molar-refractivity contribution is 0.00749. The van der Waals surface area contributed by atoms with Gasteiger partial charge < -0.3 is 20.8 Å². The number of morpholine rings is 1. The highest BCUT2D eigenvalue weighted by molar-refractivity contribution is 5.13. The number of rotatable bonds is 1. The van der Waals surface area contributed by atoms with E-state index in [1.165, 1.54) is 37.1 Å². The van der Waals surface area contributed by atoms with Gasteiger partial charge in [-0.1, -0.05) is 0 Å². The summed E-state index contributed by atoms with van der Waals surface area (Å²) in [5.74, 6) is 0. The van der Waals surface area contributed by atoms with Crippen LogP contribution in [0.1, 0.15) is 37.1 Å². The monoisotopic (exact) mass is 307 g/mol. The number of H-pyrrole nitrogens is 1. The van der Waals surface area contributed by atoms with E-state index in [1.54, 1.807) is 6.33 Å². The Hall–Kier alpha value is -0.950. The largest absolute Gasteiger partial charge is 0.379 e. The van der Waals surface area contributed by atoms with Crippen molar-refractivity contribution in [3.8, 4) is 0 Å². The third-order valence-corrected chi connectivity index (χ3v) is 4.95. The van der Waals surface area contributed by atoms with E-state index < -0.39 is 0 Å². The van der Waals surface area contributed by atoms with Crippen LogP contribution in [0.15, 0.2) is 6.33 Å². The molecule has 1 aromatic rings. The summed E-state index contributed by atoms with van der Waals surface area (Å²) < 4.78 is 5.35. The Bertz CT molecular complexity index is 415. The van der Waals surface area contributed by atoms with E-state index in [4.69, 9.17) is 10.5 Å². The molecule has 0 atom stereocenters. The van der Waals surface area contributed by atoms with Crippen molar-refractivity contribution in [3.63, 3.8) is 0 Å². The van der Waals surface area contributed by atoms with Gasteiger partial charge in [0.2, 0.25) is 0 Å². The minimum atomic E-state index is 0.470. The van der Waals surface area contributed by atoms with Gasteiger partial charge in [0, 0.05) is 44.7 Å². The van der Waals surface area contributed by atoms with Crippen LogP contribution in [0, 0.1) is 0 Å². The van der Waals surface area contributed by atoms with Crippen LogP contribution in [0.2, 0.25) is 0 Å². The molecular formula is C16H29N5O. The van der Waals surface area contributed by atoms with E-state index >= 15 is 0 Å². The summed E-state index contributed by atoms with van der Waals surface area (Å²) in [4.78, 5) is 9.82. The van der Waals surface area contributed by atoms with Gasteiger partial charge in [-0.25, -0.2) is 4.98 Å². The summed E-state index contributed by atoms with van der Waals surface area (Å²) in [5.41, 5.74) is 8.36. The molecule has 0 spiro atoms. The van der Waals surface area contributed by atoms with Crippen molar-refractivity contribution in [1.29, 1.82) is 0 Å². The van der Waals surface area contributed by atoms with E-state index in [9.17, 15) is 0 Å². The summed E-state index contributed by atoms with van der Waals surface area (Å²) in [5, 5.41) is 3.26. The van der Waals surface area contributed by atoms with Gasteiger partial charge >= 0.3 is 0 Å². The zero-order chi connectivity index (χ0) is 15.2. The summed E-state index contributed by atoms with van der Waals surface area (Å²) in [6, 6.07) is 1.26. The van der Waals surface area contributed by atoms with Crippen LogP contribution < -0.4 is 11.1 Å². The van der Waals surface area contributed by atoms with Gasteiger partial charge in [-0.05, 0) is 25.7 Å². The molecule has 1 saturated carbocycles. The fourth-order valence-electron chi connectivity index (χ4n) is 3.55. The first kappa shape index (κ1) is 15.9. The Kier molecular flexibility index (Phi) is 5.83. The summed E-state index contributed by atoms with van der Waals surface area (Å²) >= 11 is 0. The number of nitrogens with one attached hydrogen (secondary N) is 2. The molecule has 1 saturated heterocycles. The molecule has 4 rings (SSSR count). The van der Waals surface area contributed by atoms with Gasteiger partial charge in [0.05, 0.1) is 30.9 Å². The third kappa shape index (κ3) is 4.29. The van der Waals surface area contributed by atoms with Crippen LogP contribution in [0.25, 0.3) is 0 Å². The Morgan fingerprint density at radius 3 is 2.68 bits per heavy atom. The van der Waals surface area contributed by atoms with Crippen molar-refractivity contribution in [2.45, 2.75) is 50.7 Å². The van der Waals surface area contributed by atoms with Gasteiger partial charge in [0.15, 0.2) is 0 Å². The number of ether oxygens (including phenoxy) is 1. The number of aromatic nitrogens is 2. The highest BCUT2D eigenvalue weighted by atomic mass is 16.5. The molecule has 0 unspecified atom stereocenters. The van der Waals surface area contributed by atoms with Crippen molar-refractivity contribution in [3.05, 3.63) is 17.7 Å². The first-order valence-electron chi connectivity index (χ1n) is 8.62. The number of imidazole rings is 1. The molecule has 1 aliphatic carbocycles. The molecule has 4 N–H and O–H groups in total. The van der Waals surface area contributed by atoms with Crippen LogP contribution in [-0.2, 0) is 17.7 Å². The second kappa shape index (κ2) is 8.06. The molecule has 0 bridgehead atoms. The molecule has 2 aliphatic heterocycles. The van der Waals surface area contributed by atoms with Crippen LogP contribution in [0.5, 0.6) is 0 Å². The second-order valence-electron chi connectivity index (χ2n) is 6.47. The van der Waals surface area contributed by atoms with E-state index in [0.717, 1.165) is 51.9 Å². The lowest BCUT2D eigenvalue weighted by Crippen LogP contribution is -2.46. The molecule has 0 radical (unpaired) electrons. The molecule has 0 aromatic carbocycles. The van der Waals surface area contributed by atoms with Crippen molar-refractivity contribution in [2.75, 3.05) is 32.8 Å². The summed E-state index contributed by atoms with van der Waals surface area (Å²) in [7, 11) is 0. The Labute approximate surface area is 132 Å². The Morgan fingerprint density at radius 2 is 1.95 bits per heavy atom. The molecule has 6 nitrogen and oxygen atoms in total. The average Bonchev–Trinajstić information content (AvgIpc) is 3.06. The minimum Gasteiger partial charge on any atom is -0.379 e. The number of nitrogens with two attached hydrogens (primary N) is 1. The SMILES string of the molecule is NC1CCC(N2CCOCC2)CC1.c1nc2c([nH]1)CNCC2.